The van der Waals surface area contributed by atoms with Crippen LogP contribution in [0.1, 0.15) is 58.2 Å². The number of rotatable bonds is 12. The van der Waals surface area contributed by atoms with Gasteiger partial charge in [0.2, 0.25) is 0 Å². The molecular formula is C39H49ClN4O5. The van der Waals surface area contributed by atoms with Gasteiger partial charge in [-0.1, -0.05) is 48.0 Å². The fourth-order valence-corrected chi connectivity index (χ4v) is 5.89. The predicted octanol–water partition coefficient (Wildman–Crippen LogP) is 8.03. The summed E-state index contributed by atoms with van der Waals surface area (Å²) in [4.78, 5) is 19.7. The van der Waals surface area contributed by atoms with Gasteiger partial charge >= 0.3 is 5.97 Å². The first-order valence-corrected chi connectivity index (χ1v) is 17.0. The Morgan fingerprint density at radius 2 is 1.76 bits per heavy atom. The number of hydrogen-bond acceptors (Lipinski definition) is 8. The molecule has 49 heavy (non-hydrogen) atoms. The molecular weight excluding hydrogens is 640 g/mol. The number of nitrogens with zero attached hydrogens (tertiary/aromatic N) is 4. The van der Waals surface area contributed by atoms with Crippen LogP contribution in [0.2, 0.25) is 5.02 Å². The molecule has 3 heterocycles. The third kappa shape index (κ3) is 9.94. The van der Waals surface area contributed by atoms with Crippen molar-refractivity contribution in [2.75, 3.05) is 38.3 Å². The Morgan fingerprint density at radius 3 is 2.41 bits per heavy atom. The molecule has 0 atom stereocenters. The van der Waals surface area contributed by atoms with Crippen molar-refractivity contribution >= 4 is 29.0 Å². The highest BCUT2D eigenvalue weighted by molar-refractivity contribution is 6.33. The zero-order valence-corrected chi connectivity index (χ0v) is 30.3. The molecule has 1 aliphatic heterocycles. The second kappa shape index (κ2) is 16.5. The van der Waals surface area contributed by atoms with Crippen LogP contribution in [0.5, 0.6) is 5.75 Å². The molecule has 262 valence electrons. The van der Waals surface area contributed by atoms with Crippen LogP contribution < -0.4 is 9.64 Å². The first-order chi connectivity index (χ1) is 23.3. The standard InChI is InChI=1S/C35H39ClN4O4.C4H10O/c1-6-8-20-43-30-14-10-13-28(36)33(30)26-12-9-11-25(21-26)29-23-31-37-24(3)27(22-32(41)42-5)34(40(31)38-29)39-17-15-35(4,16-18-39)44-19-7-2;1-4(2,3)5/h6-7,9-14,21,23H,1-2,8,15-20,22H2,3-5H3;5H,1-3H3. The Kier molecular flexibility index (Phi) is 12.7. The molecule has 0 amide bonds. The zero-order chi connectivity index (χ0) is 35.8. The molecule has 0 saturated carbocycles. The first-order valence-electron chi connectivity index (χ1n) is 16.6. The van der Waals surface area contributed by atoms with Crippen LogP contribution in [0.15, 0.2) is 73.8 Å². The number of esters is 1. The summed E-state index contributed by atoms with van der Waals surface area (Å²) in [6, 6.07) is 15.7. The summed E-state index contributed by atoms with van der Waals surface area (Å²) in [7, 11) is 1.40. The molecule has 1 N–H and O–H groups in total. The van der Waals surface area contributed by atoms with E-state index in [-0.39, 0.29) is 18.0 Å². The molecule has 0 bridgehead atoms. The number of methoxy groups -OCH3 is 1. The molecule has 9 nitrogen and oxygen atoms in total. The Labute approximate surface area is 295 Å². The molecule has 1 aliphatic rings. The maximum absolute atomic E-state index is 12.5. The van der Waals surface area contributed by atoms with Gasteiger partial charge in [0.05, 0.1) is 48.7 Å². The Morgan fingerprint density at radius 1 is 1.08 bits per heavy atom. The lowest BCUT2D eigenvalue weighted by molar-refractivity contribution is -0.139. The summed E-state index contributed by atoms with van der Waals surface area (Å²) in [5.74, 6) is 1.25. The number of ether oxygens (including phenoxy) is 3. The third-order valence-electron chi connectivity index (χ3n) is 8.10. The van der Waals surface area contributed by atoms with Crippen LogP contribution in [0.25, 0.3) is 28.0 Å². The van der Waals surface area contributed by atoms with Crippen molar-refractivity contribution in [1.82, 2.24) is 14.6 Å². The second-order valence-electron chi connectivity index (χ2n) is 13.4. The van der Waals surface area contributed by atoms with Gasteiger partial charge in [-0.2, -0.15) is 9.61 Å². The highest BCUT2D eigenvalue weighted by Gasteiger charge is 2.33. The highest BCUT2D eigenvalue weighted by atomic mass is 35.5. The lowest BCUT2D eigenvalue weighted by Crippen LogP contribution is -2.45. The average molecular weight is 689 g/mol. The minimum Gasteiger partial charge on any atom is -0.493 e. The number of aromatic nitrogens is 3. The van der Waals surface area contributed by atoms with E-state index in [4.69, 9.17) is 41.0 Å². The van der Waals surface area contributed by atoms with Crippen LogP contribution in [0.3, 0.4) is 0 Å². The van der Waals surface area contributed by atoms with Crippen LogP contribution in [0, 0.1) is 6.92 Å². The summed E-state index contributed by atoms with van der Waals surface area (Å²) >= 11 is 6.70. The van der Waals surface area contributed by atoms with E-state index in [1.54, 1.807) is 26.8 Å². The largest absolute Gasteiger partial charge is 0.493 e. The molecule has 10 heteroatoms. The van der Waals surface area contributed by atoms with Crippen molar-refractivity contribution in [3.8, 4) is 28.1 Å². The molecule has 4 aromatic rings. The zero-order valence-electron chi connectivity index (χ0n) is 29.6. The van der Waals surface area contributed by atoms with E-state index in [0.717, 1.165) is 71.8 Å². The van der Waals surface area contributed by atoms with Crippen molar-refractivity contribution in [2.45, 2.75) is 71.5 Å². The van der Waals surface area contributed by atoms with Crippen LogP contribution >= 0.6 is 11.6 Å². The van der Waals surface area contributed by atoms with Crippen molar-refractivity contribution < 1.29 is 24.1 Å². The fourth-order valence-electron chi connectivity index (χ4n) is 5.61. The maximum Gasteiger partial charge on any atom is 0.310 e. The summed E-state index contributed by atoms with van der Waals surface area (Å²) in [5.41, 5.74) is 4.95. The molecule has 0 spiro atoms. The van der Waals surface area contributed by atoms with E-state index in [1.807, 2.05) is 60.0 Å². The summed E-state index contributed by atoms with van der Waals surface area (Å²) in [6.45, 7) is 19.4. The van der Waals surface area contributed by atoms with Crippen LogP contribution in [0.4, 0.5) is 5.82 Å². The number of hydrogen-bond donors (Lipinski definition) is 1. The number of piperidine rings is 1. The lowest BCUT2D eigenvalue weighted by atomic mass is 9.93. The highest BCUT2D eigenvalue weighted by Crippen LogP contribution is 2.39. The predicted molar refractivity (Wildman–Crippen MR) is 198 cm³/mol. The summed E-state index contributed by atoms with van der Waals surface area (Å²) < 4.78 is 19.1. The van der Waals surface area contributed by atoms with Crippen LogP contribution in [-0.4, -0.2) is 70.3 Å². The Balaban J connectivity index is 0.00000101. The number of carbonyl (C=O) groups is 1. The topological polar surface area (TPSA) is 98.4 Å². The second-order valence-corrected chi connectivity index (χ2v) is 13.8. The van der Waals surface area contributed by atoms with E-state index in [0.29, 0.717) is 29.6 Å². The van der Waals surface area contributed by atoms with E-state index in [2.05, 4.69) is 31.0 Å². The Hall–Kier alpha value is -4.18. The molecule has 0 unspecified atom stereocenters. The summed E-state index contributed by atoms with van der Waals surface area (Å²) in [5, 5.41) is 14.2. The molecule has 2 aromatic carbocycles. The number of aliphatic hydroxyl groups is 1. The van der Waals surface area contributed by atoms with E-state index in [9.17, 15) is 4.79 Å². The van der Waals surface area contributed by atoms with Crippen molar-refractivity contribution in [3.63, 3.8) is 0 Å². The normalized spacial score (nSPS) is 14.2. The van der Waals surface area contributed by atoms with Gasteiger partial charge in [0, 0.05) is 41.5 Å². The van der Waals surface area contributed by atoms with Crippen molar-refractivity contribution in [2.24, 2.45) is 0 Å². The fraction of sp³-hybridized carbons (Fsp3) is 0.410. The maximum atomic E-state index is 12.5. The molecule has 2 aromatic heterocycles. The number of carbonyl (C=O) groups excluding carboxylic acids is 1. The van der Waals surface area contributed by atoms with Gasteiger partial charge in [0.1, 0.15) is 11.6 Å². The quantitative estimate of drug-likeness (QED) is 0.0908. The molecule has 1 saturated heterocycles. The minimum absolute atomic E-state index is 0.104. The lowest BCUT2D eigenvalue weighted by Gasteiger charge is -2.40. The van der Waals surface area contributed by atoms with Crippen molar-refractivity contribution in [3.05, 3.63) is 90.1 Å². The van der Waals surface area contributed by atoms with Gasteiger partial charge in [-0.25, -0.2) is 4.98 Å². The minimum atomic E-state index is -0.500. The number of halogens is 1. The number of fused-ring (bicyclic) bond motifs is 1. The SMILES string of the molecule is C=CCCOc1cccc(Cl)c1-c1cccc(-c2cc3nc(C)c(CC(=O)OC)c(N4CCC(C)(OCC=C)CC4)n3n2)c1.CC(C)(C)O. The van der Waals surface area contributed by atoms with E-state index in [1.165, 1.54) is 7.11 Å². The van der Waals surface area contributed by atoms with E-state index >= 15 is 0 Å². The number of benzene rings is 2. The van der Waals surface area contributed by atoms with E-state index < -0.39 is 5.60 Å². The van der Waals surface area contributed by atoms with Gasteiger partial charge < -0.3 is 24.2 Å². The van der Waals surface area contributed by atoms with Gasteiger partial charge in [-0.15, -0.1) is 13.2 Å². The molecule has 0 radical (unpaired) electrons. The average Bonchev–Trinajstić information content (AvgIpc) is 3.48. The Bertz CT molecular complexity index is 1760. The monoisotopic (exact) mass is 688 g/mol. The molecule has 5 rings (SSSR count). The van der Waals surface area contributed by atoms with Crippen LogP contribution in [-0.2, 0) is 20.7 Å². The smallest absolute Gasteiger partial charge is 0.310 e. The first kappa shape index (κ1) is 37.6. The molecule has 0 aliphatic carbocycles. The van der Waals surface area contributed by atoms with Gasteiger partial charge in [-0.3, -0.25) is 4.79 Å². The summed E-state index contributed by atoms with van der Waals surface area (Å²) in [6.07, 6.45) is 6.10. The third-order valence-corrected chi connectivity index (χ3v) is 8.42. The van der Waals surface area contributed by atoms with Gasteiger partial charge in [0.25, 0.3) is 0 Å². The van der Waals surface area contributed by atoms with Crippen molar-refractivity contribution in [1.29, 1.82) is 0 Å². The number of aryl methyl sites for hydroxylation is 1. The molecule has 1 fully saturated rings. The number of anilines is 1. The van der Waals surface area contributed by atoms with Gasteiger partial charge in [0.15, 0.2) is 5.65 Å². The van der Waals surface area contributed by atoms with Gasteiger partial charge in [-0.05, 0) is 77.6 Å².